The molecule has 3 aromatic rings. The number of hydrogen-bond acceptors (Lipinski definition) is 8. The molecule has 0 spiro atoms. The van der Waals surface area contributed by atoms with Crippen LogP contribution in [0.3, 0.4) is 0 Å². The molecule has 0 atom stereocenters. The number of anilines is 1. The molecule has 3 rings (SSSR count). The molecule has 0 saturated heterocycles. The molecule has 0 fully saturated rings. The Morgan fingerprint density at radius 2 is 1.71 bits per heavy atom. The van der Waals surface area contributed by atoms with Gasteiger partial charge in [-0.1, -0.05) is 6.92 Å². The lowest BCUT2D eigenvalue weighted by Gasteiger charge is -2.11. The second-order valence-electron chi connectivity index (χ2n) is 5.98. The highest BCUT2D eigenvalue weighted by Gasteiger charge is 2.13. The lowest BCUT2D eigenvalue weighted by Crippen LogP contribution is -2.10. The predicted molar refractivity (Wildman–Crippen MR) is 107 cm³/mol. The molecule has 0 aliphatic carbocycles. The molecule has 0 aliphatic heterocycles. The number of nitrogens with zero attached hydrogens (tertiary/aromatic N) is 3. The smallest absolute Gasteiger partial charge is 0.245 e. The number of benzene rings is 1. The van der Waals surface area contributed by atoms with Gasteiger partial charge in [0.2, 0.25) is 11.8 Å². The fourth-order valence-electron chi connectivity index (χ4n) is 2.71. The Bertz CT molecular complexity index is 949. The van der Waals surface area contributed by atoms with Crippen molar-refractivity contribution < 1.29 is 18.9 Å². The van der Waals surface area contributed by atoms with Crippen molar-refractivity contribution >= 4 is 17.0 Å². The first-order valence-electron chi connectivity index (χ1n) is 9.03. The van der Waals surface area contributed by atoms with Crippen molar-refractivity contribution in [2.75, 3.05) is 39.8 Å². The van der Waals surface area contributed by atoms with E-state index in [2.05, 4.69) is 21.9 Å². The Morgan fingerprint density at radius 1 is 0.893 bits per heavy atom. The average Bonchev–Trinajstić information content (AvgIpc) is 2.72. The number of hydrogen-bond donors (Lipinski definition) is 1. The van der Waals surface area contributed by atoms with Gasteiger partial charge in [-0.05, 0) is 36.8 Å². The van der Waals surface area contributed by atoms with E-state index >= 15 is 0 Å². The van der Waals surface area contributed by atoms with Gasteiger partial charge in [0.15, 0.2) is 17.0 Å². The van der Waals surface area contributed by atoms with E-state index in [0.29, 0.717) is 48.2 Å². The molecule has 0 radical (unpaired) electrons. The molecule has 2 N–H and O–H groups in total. The summed E-state index contributed by atoms with van der Waals surface area (Å²) in [5.41, 5.74) is 8.55. The van der Waals surface area contributed by atoms with Crippen LogP contribution in [0.5, 0.6) is 17.4 Å². The van der Waals surface area contributed by atoms with Gasteiger partial charge < -0.3 is 24.7 Å². The second-order valence-corrected chi connectivity index (χ2v) is 5.98. The number of methoxy groups -OCH3 is 2. The first kappa shape index (κ1) is 19.6. The Labute approximate surface area is 163 Å². The second kappa shape index (κ2) is 9.18. The van der Waals surface area contributed by atoms with Crippen LogP contribution in [-0.2, 0) is 4.74 Å². The molecule has 2 aromatic heterocycles. The molecule has 0 bridgehead atoms. The number of pyridine rings is 1. The summed E-state index contributed by atoms with van der Waals surface area (Å²) in [5, 5.41) is 0. The van der Waals surface area contributed by atoms with Gasteiger partial charge in [0.05, 0.1) is 32.0 Å². The van der Waals surface area contributed by atoms with Crippen molar-refractivity contribution in [1.29, 1.82) is 0 Å². The third-order valence-electron chi connectivity index (χ3n) is 4.02. The first-order chi connectivity index (χ1) is 13.7. The monoisotopic (exact) mass is 384 g/mol. The number of nitrogen functional groups attached to an aromatic ring is 1. The van der Waals surface area contributed by atoms with Gasteiger partial charge in [0, 0.05) is 12.2 Å². The number of ether oxygens (including phenoxy) is 4. The van der Waals surface area contributed by atoms with Crippen LogP contribution in [0.2, 0.25) is 0 Å². The van der Waals surface area contributed by atoms with E-state index < -0.39 is 0 Å². The van der Waals surface area contributed by atoms with Crippen molar-refractivity contribution in [3.63, 3.8) is 0 Å². The number of aromatic nitrogens is 3. The third kappa shape index (κ3) is 4.40. The Morgan fingerprint density at radius 3 is 2.46 bits per heavy atom. The van der Waals surface area contributed by atoms with E-state index in [9.17, 15) is 0 Å². The molecule has 2 heterocycles. The molecular weight excluding hydrogens is 360 g/mol. The van der Waals surface area contributed by atoms with Gasteiger partial charge in [-0.15, -0.1) is 0 Å². The van der Waals surface area contributed by atoms with Crippen LogP contribution in [0.25, 0.3) is 22.3 Å². The normalized spacial score (nSPS) is 10.8. The van der Waals surface area contributed by atoms with Crippen LogP contribution in [-0.4, -0.2) is 49.0 Å². The van der Waals surface area contributed by atoms with Gasteiger partial charge in [-0.25, -0.2) is 9.97 Å². The SMILES string of the molecule is CCCOCCOc1nc(N)nc2ccc(-c3ccc(OC)c(OC)c3)nc12. The van der Waals surface area contributed by atoms with Gasteiger partial charge in [0.25, 0.3) is 0 Å². The van der Waals surface area contributed by atoms with E-state index in [-0.39, 0.29) is 5.95 Å². The maximum Gasteiger partial charge on any atom is 0.245 e. The Kier molecular flexibility index (Phi) is 6.44. The standard InChI is InChI=1S/C20H24N4O4/c1-4-9-27-10-11-28-19-18-15(23-20(21)24-19)7-6-14(22-18)13-5-8-16(25-2)17(12-13)26-3/h5-8,12H,4,9-11H2,1-3H3,(H2,21,23,24). The maximum atomic E-state index is 5.80. The van der Waals surface area contributed by atoms with Crippen LogP contribution in [0.4, 0.5) is 5.95 Å². The van der Waals surface area contributed by atoms with Crippen molar-refractivity contribution in [3.05, 3.63) is 30.3 Å². The highest BCUT2D eigenvalue weighted by Crippen LogP contribution is 2.33. The molecule has 8 heteroatoms. The van der Waals surface area contributed by atoms with Crippen LogP contribution in [0, 0.1) is 0 Å². The topological polar surface area (TPSA) is 102 Å². The highest BCUT2D eigenvalue weighted by atomic mass is 16.5. The summed E-state index contributed by atoms with van der Waals surface area (Å²) >= 11 is 0. The zero-order chi connectivity index (χ0) is 19.9. The van der Waals surface area contributed by atoms with E-state index in [4.69, 9.17) is 24.7 Å². The Hall–Kier alpha value is -3.13. The minimum absolute atomic E-state index is 0.137. The van der Waals surface area contributed by atoms with Gasteiger partial charge in [0.1, 0.15) is 6.61 Å². The summed E-state index contributed by atoms with van der Waals surface area (Å²) in [6, 6.07) is 9.32. The third-order valence-corrected chi connectivity index (χ3v) is 4.02. The fourth-order valence-corrected chi connectivity index (χ4v) is 2.71. The van der Waals surface area contributed by atoms with Crippen LogP contribution in [0.15, 0.2) is 30.3 Å². The summed E-state index contributed by atoms with van der Waals surface area (Å²) in [5.74, 6) is 1.75. The van der Waals surface area contributed by atoms with Crippen LogP contribution in [0.1, 0.15) is 13.3 Å². The summed E-state index contributed by atoms with van der Waals surface area (Å²) in [6.07, 6.45) is 0.958. The molecular formula is C20H24N4O4. The molecule has 0 amide bonds. The van der Waals surface area contributed by atoms with Gasteiger partial charge in [-0.2, -0.15) is 4.98 Å². The zero-order valence-corrected chi connectivity index (χ0v) is 16.3. The van der Waals surface area contributed by atoms with Gasteiger partial charge in [-0.3, -0.25) is 0 Å². The Balaban J connectivity index is 1.93. The minimum atomic E-state index is 0.137. The van der Waals surface area contributed by atoms with Crippen LogP contribution >= 0.6 is 0 Å². The molecule has 148 valence electrons. The maximum absolute atomic E-state index is 5.80. The molecule has 0 aliphatic rings. The number of nitrogens with two attached hydrogens (primary N) is 1. The van der Waals surface area contributed by atoms with E-state index in [1.807, 2.05) is 30.3 Å². The minimum Gasteiger partial charge on any atom is -0.493 e. The predicted octanol–water partition coefficient (Wildman–Crippen LogP) is 3.10. The van der Waals surface area contributed by atoms with E-state index in [1.54, 1.807) is 14.2 Å². The van der Waals surface area contributed by atoms with Crippen molar-refractivity contribution in [3.8, 4) is 28.6 Å². The van der Waals surface area contributed by atoms with Crippen LogP contribution < -0.4 is 19.9 Å². The molecule has 0 unspecified atom stereocenters. The number of rotatable bonds is 9. The summed E-state index contributed by atoms with van der Waals surface area (Å²) in [7, 11) is 3.19. The fraction of sp³-hybridized carbons (Fsp3) is 0.350. The summed E-state index contributed by atoms with van der Waals surface area (Å²) in [6.45, 7) is 3.57. The average molecular weight is 384 g/mol. The largest absolute Gasteiger partial charge is 0.493 e. The first-order valence-corrected chi connectivity index (χ1v) is 9.03. The molecule has 8 nitrogen and oxygen atoms in total. The van der Waals surface area contributed by atoms with Gasteiger partial charge >= 0.3 is 0 Å². The highest BCUT2D eigenvalue weighted by molar-refractivity contribution is 5.83. The van der Waals surface area contributed by atoms with Crippen molar-refractivity contribution in [2.24, 2.45) is 0 Å². The summed E-state index contributed by atoms with van der Waals surface area (Å²) < 4.78 is 21.9. The number of fused-ring (bicyclic) bond motifs is 1. The summed E-state index contributed by atoms with van der Waals surface area (Å²) in [4.78, 5) is 13.1. The molecule has 28 heavy (non-hydrogen) atoms. The van der Waals surface area contributed by atoms with Crippen molar-refractivity contribution in [2.45, 2.75) is 13.3 Å². The lowest BCUT2D eigenvalue weighted by atomic mass is 10.1. The van der Waals surface area contributed by atoms with E-state index in [0.717, 1.165) is 17.7 Å². The zero-order valence-electron chi connectivity index (χ0n) is 16.3. The molecule has 1 aromatic carbocycles. The van der Waals surface area contributed by atoms with E-state index in [1.165, 1.54) is 0 Å². The molecule has 0 saturated carbocycles. The van der Waals surface area contributed by atoms with Crippen molar-refractivity contribution in [1.82, 2.24) is 15.0 Å². The lowest BCUT2D eigenvalue weighted by molar-refractivity contribution is 0.0995. The quantitative estimate of drug-likeness (QED) is 0.562.